The van der Waals surface area contributed by atoms with Crippen molar-refractivity contribution in [2.45, 2.75) is 65.0 Å². The highest BCUT2D eigenvalue weighted by molar-refractivity contribution is 9.10. The highest BCUT2D eigenvalue weighted by Crippen LogP contribution is 2.32. The highest BCUT2D eigenvalue weighted by atomic mass is 79.9. The average Bonchev–Trinajstić information content (AvgIpc) is 3.50. The van der Waals surface area contributed by atoms with Gasteiger partial charge < -0.3 is 24.8 Å². The molecule has 4 aromatic carbocycles. The van der Waals surface area contributed by atoms with Gasteiger partial charge in [0, 0.05) is 44.4 Å². The monoisotopic (exact) mass is 856 g/mol. The van der Waals surface area contributed by atoms with E-state index in [1.54, 1.807) is 48.1 Å². The Morgan fingerprint density at radius 3 is 2.28 bits per heavy atom. The summed E-state index contributed by atoms with van der Waals surface area (Å²) in [5.74, 6) is -0.499. The van der Waals surface area contributed by atoms with Crippen molar-refractivity contribution in [3.63, 3.8) is 0 Å². The van der Waals surface area contributed by atoms with Crippen LogP contribution in [0.4, 0.5) is 11.4 Å². The zero-order chi connectivity index (χ0) is 40.5. The number of fused-ring (bicyclic) bond motifs is 1. The summed E-state index contributed by atoms with van der Waals surface area (Å²) in [5, 5.41) is 1.26. The molecule has 0 radical (unpaired) electrons. The molecule has 300 valence electrons. The first-order valence-corrected chi connectivity index (χ1v) is 20.7. The second kappa shape index (κ2) is 19.5. The lowest BCUT2D eigenvalue weighted by Crippen LogP contribution is -2.36. The minimum atomic E-state index is -0.437. The standard InChI is InChI=1S/C45H50BrClN4O6/c1-4-49(35-11-7-5-8-12-35)29-33-25-32(26-40(46)43(33)48)45(54)57-24-22-50(36-13-9-6-10-14-36)21-23-56-42(52)28-38-30(2)51(41-20-19-37(55-3)27-39(38)41)44(53)31-15-17-34(47)18-16-31/h6,9-10,13-20,25-27,35H,4-5,7-8,11-12,21-24,28-29,48H2,1-3H3. The molecule has 1 heterocycles. The first kappa shape index (κ1) is 41.8. The third-order valence-corrected chi connectivity index (χ3v) is 11.7. The minimum absolute atomic E-state index is 0.0465. The summed E-state index contributed by atoms with van der Waals surface area (Å²) in [7, 11) is 1.57. The number of ether oxygens (including phenoxy) is 3. The van der Waals surface area contributed by atoms with Crippen LogP contribution in [0, 0.1) is 6.92 Å². The number of hydrogen-bond acceptors (Lipinski definition) is 9. The number of nitrogen functional groups attached to an aromatic ring is 1. The molecule has 1 aliphatic carbocycles. The molecule has 5 aromatic rings. The van der Waals surface area contributed by atoms with Gasteiger partial charge in [-0.2, -0.15) is 0 Å². The van der Waals surface area contributed by atoms with Crippen molar-refractivity contribution in [1.29, 1.82) is 0 Å². The summed E-state index contributed by atoms with van der Waals surface area (Å²) in [5.41, 5.74) is 11.8. The Morgan fingerprint density at radius 2 is 1.60 bits per heavy atom. The van der Waals surface area contributed by atoms with E-state index in [9.17, 15) is 14.4 Å². The SMILES string of the molecule is CCN(Cc1cc(C(=O)OCCN(CCOC(=O)Cc2c(C)n(C(=O)c3ccc(Cl)cc3)c3ccc(OC)cc23)c2ccccc2)cc(Br)c1N)C1CCCCC1. The number of methoxy groups -OCH3 is 1. The van der Waals surface area contributed by atoms with Gasteiger partial charge in [-0.25, -0.2) is 4.79 Å². The number of nitrogens with two attached hydrogens (primary N) is 1. The third-order valence-electron chi connectivity index (χ3n) is 10.8. The van der Waals surface area contributed by atoms with Gasteiger partial charge in [-0.3, -0.25) is 19.1 Å². The number of para-hydroxylation sites is 1. The summed E-state index contributed by atoms with van der Waals surface area (Å²) in [6.45, 7) is 6.52. The molecule has 0 saturated heterocycles. The maximum atomic E-state index is 13.7. The second-order valence-electron chi connectivity index (χ2n) is 14.3. The molecule has 1 fully saturated rings. The fourth-order valence-electron chi connectivity index (χ4n) is 7.69. The van der Waals surface area contributed by atoms with E-state index >= 15 is 0 Å². The summed E-state index contributed by atoms with van der Waals surface area (Å²) >= 11 is 9.65. The molecule has 0 spiro atoms. The minimum Gasteiger partial charge on any atom is -0.497 e. The van der Waals surface area contributed by atoms with Crippen LogP contribution in [0.25, 0.3) is 10.9 Å². The molecule has 1 aromatic heterocycles. The van der Waals surface area contributed by atoms with Gasteiger partial charge in [-0.1, -0.05) is 56.0 Å². The van der Waals surface area contributed by atoms with Crippen LogP contribution in [0.3, 0.4) is 0 Å². The lowest BCUT2D eigenvalue weighted by Gasteiger charge is -2.34. The van der Waals surface area contributed by atoms with Gasteiger partial charge in [0.2, 0.25) is 0 Å². The lowest BCUT2D eigenvalue weighted by molar-refractivity contribution is -0.142. The molecule has 0 bridgehead atoms. The smallest absolute Gasteiger partial charge is 0.338 e. The van der Waals surface area contributed by atoms with Crippen molar-refractivity contribution in [2.75, 3.05) is 50.6 Å². The Hall–Kier alpha value is -4.84. The van der Waals surface area contributed by atoms with E-state index in [4.69, 9.17) is 31.5 Å². The van der Waals surface area contributed by atoms with Gasteiger partial charge in [0.05, 0.1) is 43.4 Å². The zero-order valence-corrected chi connectivity index (χ0v) is 35.1. The number of anilines is 2. The molecule has 57 heavy (non-hydrogen) atoms. The largest absolute Gasteiger partial charge is 0.497 e. The lowest BCUT2D eigenvalue weighted by atomic mass is 9.93. The zero-order valence-electron chi connectivity index (χ0n) is 32.8. The number of benzene rings is 4. The van der Waals surface area contributed by atoms with Gasteiger partial charge >= 0.3 is 11.9 Å². The summed E-state index contributed by atoms with van der Waals surface area (Å²) in [6, 6.07) is 25.9. The summed E-state index contributed by atoms with van der Waals surface area (Å²) in [4.78, 5) is 45.0. The Balaban J connectivity index is 1.10. The van der Waals surface area contributed by atoms with Crippen molar-refractivity contribution < 1.29 is 28.6 Å². The van der Waals surface area contributed by atoms with E-state index in [0.717, 1.165) is 23.2 Å². The van der Waals surface area contributed by atoms with Crippen LogP contribution in [-0.4, -0.2) is 73.3 Å². The molecular weight excluding hydrogens is 808 g/mol. The summed E-state index contributed by atoms with van der Waals surface area (Å²) < 4.78 is 19.4. The highest BCUT2D eigenvalue weighted by Gasteiger charge is 2.24. The van der Waals surface area contributed by atoms with Crippen LogP contribution in [0.15, 0.2) is 89.4 Å². The third kappa shape index (κ3) is 10.2. The molecule has 2 N–H and O–H groups in total. The summed E-state index contributed by atoms with van der Waals surface area (Å²) in [6.07, 6.45) is 6.09. The molecule has 12 heteroatoms. The topological polar surface area (TPSA) is 116 Å². The van der Waals surface area contributed by atoms with E-state index in [1.807, 2.05) is 60.4 Å². The molecule has 6 rings (SSSR count). The quantitative estimate of drug-likeness (QED) is 0.0766. The molecule has 10 nitrogen and oxygen atoms in total. The number of aromatic nitrogens is 1. The van der Waals surface area contributed by atoms with Crippen molar-refractivity contribution >= 4 is 67.7 Å². The van der Waals surface area contributed by atoms with Gasteiger partial charge in [-0.05, 0) is 120 Å². The molecule has 1 aliphatic rings. The number of hydrogen-bond donors (Lipinski definition) is 1. The first-order valence-electron chi connectivity index (χ1n) is 19.5. The Bertz CT molecular complexity index is 2190. The van der Waals surface area contributed by atoms with Gasteiger partial charge in [0.15, 0.2) is 0 Å². The van der Waals surface area contributed by atoms with Crippen LogP contribution in [0.5, 0.6) is 5.75 Å². The number of esters is 2. The van der Waals surface area contributed by atoms with Crippen molar-refractivity contribution in [3.05, 3.63) is 122 Å². The van der Waals surface area contributed by atoms with E-state index in [-0.39, 0.29) is 25.5 Å². The fraction of sp³-hybridized carbons (Fsp3) is 0.356. The second-order valence-corrected chi connectivity index (χ2v) is 15.6. The van der Waals surface area contributed by atoms with Crippen molar-refractivity contribution in [1.82, 2.24) is 9.47 Å². The van der Waals surface area contributed by atoms with Crippen LogP contribution in [0.2, 0.25) is 5.02 Å². The van der Waals surface area contributed by atoms with Crippen molar-refractivity contribution in [3.8, 4) is 5.75 Å². The predicted molar refractivity (Wildman–Crippen MR) is 230 cm³/mol. The van der Waals surface area contributed by atoms with E-state index in [0.29, 0.717) is 74.5 Å². The van der Waals surface area contributed by atoms with Crippen LogP contribution >= 0.6 is 27.5 Å². The normalized spacial score (nSPS) is 13.2. The molecule has 0 aliphatic heterocycles. The van der Waals surface area contributed by atoms with Gasteiger partial charge in [0.25, 0.3) is 5.91 Å². The van der Waals surface area contributed by atoms with Gasteiger partial charge in [-0.15, -0.1) is 0 Å². The predicted octanol–water partition coefficient (Wildman–Crippen LogP) is 9.25. The Kier molecular flexibility index (Phi) is 14.3. The molecule has 0 amide bonds. The molecule has 0 atom stereocenters. The van der Waals surface area contributed by atoms with E-state index in [2.05, 4.69) is 27.8 Å². The van der Waals surface area contributed by atoms with Gasteiger partial charge in [0.1, 0.15) is 19.0 Å². The van der Waals surface area contributed by atoms with E-state index < -0.39 is 11.9 Å². The average molecular weight is 858 g/mol. The fourth-order valence-corrected chi connectivity index (χ4v) is 8.32. The maximum absolute atomic E-state index is 13.7. The number of nitrogens with zero attached hydrogens (tertiary/aromatic N) is 3. The van der Waals surface area contributed by atoms with Crippen LogP contribution in [0.1, 0.15) is 76.6 Å². The van der Waals surface area contributed by atoms with Crippen molar-refractivity contribution in [2.24, 2.45) is 0 Å². The number of halogens is 2. The molecule has 1 saturated carbocycles. The van der Waals surface area contributed by atoms with Crippen LogP contribution in [-0.2, 0) is 27.2 Å². The first-order chi connectivity index (χ1) is 27.6. The molecular formula is C45H50BrClN4O6. The maximum Gasteiger partial charge on any atom is 0.338 e. The number of rotatable bonds is 16. The number of carbonyl (C=O) groups excluding carboxylic acids is 3. The molecule has 0 unspecified atom stereocenters. The Labute approximate surface area is 347 Å². The Morgan fingerprint density at radius 1 is 0.895 bits per heavy atom. The number of carbonyl (C=O) groups is 3. The van der Waals surface area contributed by atoms with Crippen LogP contribution < -0.4 is 15.4 Å². The van der Waals surface area contributed by atoms with E-state index in [1.165, 1.54) is 32.1 Å².